The fourth-order valence-electron chi connectivity index (χ4n) is 1.54. The van der Waals surface area contributed by atoms with Gasteiger partial charge in [-0.05, 0) is 18.6 Å². The molecule has 0 aliphatic carbocycles. The second-order valence-electron chi connectivity index (χ2n) is 3.61. The Morgan fingerprint density at radius 1 is 1.13 bits per heavy atom. The minimum Gasteiger partial charge on any atom is -0.523 e. The second-order valence-corrected chi connectivity index (χ2v) is 3.61. The summed E-state index contributed by atoms with van der Waals surface area (Å²) in [4.78, 5) is 0. The number of rotatable bonds is 4. The summed E-state index contributed by atoms with van der Waals surface area (Å²) in [5, 5.41) is 0. The molecular weight excluding hydrogens is 187 g/mol. The molecule has 0 aromatic heterocycles. The minimum absolute atomic E-state index is 0.143. The van der Waals surface area contributed by atoms with Gasteiger partial charge in [0.25, 0.3) is 0 Å². The summed E-state index contributed by atoms with van der Waals surface area (Å²) in [5.41, 5.74) is 0. The molecule has 0 fully saturated rings. The minimum atomic E-state index is -0.143. The third-order valence-corrected chi connectivity index (χ3v) is 2.32. The zero-order valence-electron chi connectivity index (χ0n) is 8.98. The number of hydrogen-bond acceptors (Lipinski definition) is 2. The van der Waals surface area contributed by atoms with Gasteiger partial charge >= 0.3 is 7.12 Å². The van der Waals surface area contributed by atoms with Crippen molar-refractivity contribution in [3.05, 3.63) is 36.4 Å². The Morgan fingerprint density at radius 2 is 1.80 bits per heavy atom. The largest absolute Gasteiger partial charge is 0.598 e. The molecule has 0 unspecified atom stereocenters. The normalized spacial score (nSPS) is 13.8. The van der Waals surface area contributed by atoms with E-state index in [0.29, 0.717) is 0 Å². The van der Waals surface area contributed by atoms with E-state index >= 15 is 0 Å². The van der Waals surface area contributed by atoms with Gasteiger partial charge < -0.3 is 9.31 Å². The summed E-state index contributed by atoms with van der Waals surface area (Å²) in [6.45, 7) is 2.17. The number of unbranched alkanes of at least 4 members (excludes halogenated alkanes) is 1. The van der Waals surface area contributed by atoms with Crippen molar-refractivity contribution in [2.24, 2.45) is 0 Å². The Balaban J connectivity index is 1.85. The van der Waals surface area contributed by atoms with Crippen molar-refractivity contribution < 1.29 is 9.31 Å². The van der Waals surface area contributed by atoms with Gasteiger partial charge in [0.2, 0.25) is 0 Å². The van der Waals surface area contributed by atoms with Crippen LogP contribution in [0.5, 0.6) is 11.5 Å². The van der Waals surface area contributed by atoms with Crippen molar-refractivity contribution in [1.82, 2.24) is 0 Å². The third kappa shape index (κ3) is 2.55. The van der Waals surface area contributed by atoms with E-state index in [4.69, 9.17) is 9.31 Å². The first-order chi connectivity index (χ1) is 7.40. The lowest BCUT2D eigenvalue weighted by molar-refractivity contribution is 0.503. The van der Waals surface area contributed by atoms with E-state index in [-0.39, 0.29) is 7.12 Å². The molecule has 2 nitrogen and oxygen atoms in total. The van der Waals surface area contributed by atoms with Crippen LogP contribution in [0.2, 0.25) is 6.32 Å². The van der Waals surface area contributed by atoms with Crippen LogP contribution in [-0.2, 0) is 0 Å². The van der Waals surface area contributed by atoms with Crippen molar-refractivity contribution >= 4 is 7.12 Å². The molecule has 78 valence electrons. The number of fused-ring (bicyclic) bond motifs is 1. The average Bonchev–Trinajstić information content (AvgIpc) is 2.67. The van der Waals surface area contributed by atoms with E-state index in [0.717, 1.165) is 24.2 Å². The quantitative estimate of drug-likeness (QED) is 0.550. The molecule has 0 saturated carbocycles. The summed E-state index contributed by atoms with van der Waals surface area (Å²) in [6, 6.07) is 7.78. The van der Waals surface area contributed by atoms with E-state index in [1.807, 2.05) is 24.3 Å². The smallest absolute Gasteiger partial charge is 0.523 e. The third-order valence-electron chi connectivity index (χ3n) is 2.32. The average molecular weight is 202 g/mol. The number of benzene rings is 1. The van der Waals surface area contributed by atoms with Crippen LogP contribution in [0, 0.1) is 0 Å². The zero-order valence-corrected chi connectivity index (χ0v) is 8.98. The van der Waals surface area contributed by atoms with Crippen LogP contribution >= 0.6 is 0 Å². The van der Waals surface area contributed by atoms with Gasteiger partial charge in [-0.1, -0.05) is 37.6 Å². The van der Waals surface area contributed by atoms with Gasteiger partial charge in [-0.25, -0.2) is 0 Å². The topological polar surface area (TPSA) is 18.5 Å². The maximum absolute atomic E-state index is 5.61. The molecule has 0 N–H and O–H groups in total. The first-order valence-corrected chi connectivity index (χ1v) is 5.47. The molecule has 0 bridgehead atoms. The molecule has 3 heteroatoms. The van der Waals surface area contributed by atoms with E-state index in [9.17, 15) is 0 Å². The van der Waals surface area contributed by atoms with E-state index < -0.39 is 0 Å². The van der Waals surface area contributed by atoms with E-state index in [1.165, 1.54) is 6.42 Å². The molecule has 1 aliphatic rings. The van der Waals surface area contributed by atoms with Crippen LogP contribution in [0.15, 0.2) is 36.4 Å². The molecule has 0 radical (unpaired) electrons. The van der Waals surface area contributed by atoms with Gasteiger partial charge in [0.15, 0.2) is 0 Å². The molecule has 1 aromatic carbocycles. The van der Waals surface area contributed by atoms with Gasteiger partial charge in [0.05, 0.1) is 0 Å². The fourth-order valence-corrected chi connectivity index (χ4v) is 1.54. The van der Waals surface area contributed by atoms with Crippen molar-refractivity contribution in [2.75, 3.05) is 0 Å². The molecule has 15 heavy (non-hydrogen) atoms. The highest BCUT2D eigenvalue weighted by atomic mass is 16.6. The van der Waals surface area contributed by atoms with Crippen LogP contribution < -0.4 is 9.31 Å². The number of para-hydroxylation sites is 2. The second kappa shape index (κ2) is 4.92. The molecule has 0 spiro atoms. The predicted molar refractivity (Wildman–Crippen MR) is 62.3 cm³/mol. The molecule has 1 heterocycles. The van der Waals surface area contributed by atoms with Crippen LogP contribution in [0.25, 0.3) is 0 Å². The lowest BCUT2D eigenvalue weighted by Crippen LogP contribution is -2.22. The van der Waals surface area contributed by atoms with Crippen LogP contribution in [0.4, 0.5) is 0 Å². The van der Waals surface area contributed by atoms with Crippen molar-refractivity contribution in [2.45, 2.75) is 26.1 Å². The van der Waals surface area contributed by atoms with Crippen LogP contribution in [-0.4, -0.2) is 7.12 Å². The highest BCUT2D eigenvalue weighted by molar-refractivity contribution is 6.48. The van der Waals surface area contributed by atoms with E-state index in [1.54, 1.807) is 0 Å². The first-order valence-electron chi connectivity index (χ1n) is 5.47. The molecule has 0 atom stereocenters. The first kappa shape index (κ1) is 10.2. The molecule has 1 aliphatic heterocycles. The maximum Gasteiger partial charge on any atom is 0.598 e. The SMILES string of the molecule is CCCC=CCB1Oc2ccccc2O1. The zero-order chi connectivity index (χ0) is 10.5. The Morgan fingerprint density at radius 3 is 2.40 bits per heavy atom. The Labute approximate surface area is 91.0 Å². The van der Waals surface area contributed by atoms with Gasteiger partial charge in [0, 0.05) is 6.32 Å². The lowest BCUT2D eigenvalue weighted by Gasteiger charge is -1.99. The highest BCUT2D eigenvalue weighted by Crippen LogP contribution is 2.33. The summed E-state index contributed by atoms with van der Waals surface area (Å²) in [7, 11) is -0.143. The van der Waals surface area contributed by atoms with Crippen molar-refractivity contribution in [1.29, 1.82) is 0 Å². The van der Waals surface area contributed by atoms with E-state index in [2.05, 4.69) is 19.1 Å². The summed E-state index contributed by atoms with van der Waals surface area (Å²) in [5.74, 6) is 1.71. The molecule has 0 saturated heterocycles. The highest BCUT2D eigenvalue weighted by Gasteiger charge is 2.29. The molecule has 1 aromatic rings. The molecule has 2 rings (SSSR count). The lowest BCUT2D eigenvalue weighted by atomic mass is 9.85. The number of allylic oxidation sites excluding steroid dienone is 2. The van der Waals surface area contributed by atoms with Crippen LogP contribution in [0.3, 0.4) is 0 Å². The van der Waals surface area contributed by atoms with Crippen molar-refractivity contribution in [3.63, 3.8) is 0 Å². The maximum atomic E-state index is 5.61. The molecule has 0 amide bonds. The predicted octanol–water partition coefficient (Wildman–Crippen LogP) is 3.30. The Hall–Kier alpha value is -1.38. The van der Waals surface area contributed by atoms with Gasteiger partial charge in [-0.3, -0.25) is 0 Å². The van der Waals surface area contributed by atoms with Gasteiger partial charge in [-0.15, -0.1) is 0 Å². The Kier molecular flexibility index (Phi) is 3.33. The monoisotopic (exact) mass is 202 g/mol. The fraction of sp³-hybridized carbons (Fsp3) is 0.333. The Bertz CT molecular complexity index is 324. The summed E-state index contributed by atoms with van der Waals surface area (Å²) in [6.07, 6.45) is 7.42. The van der Waals surface area contributed by atoms with Crippen LogP contribution in [0.1, 0.15) is 19.8 Å². The van der Waals surface area contributed by atoms with Gasteiger partial charge in [-0.2, -0.15) is 0 Å². The standard InChI is InChI=1S/C12H15BO2/c1-2-3-4-7-10-13-14-11-8-5-6-9-12(11)15-13/h4-9H,2-3,10H2,1H3. The summed E-state index contributed by atoms with van der Waals surface area (Å²) >= 11 is 0. The molecular formula is C12H15BO2. The summed E-state index contributed by atoms with van der Waals surface area (Å²) < 4.78 is 11.2. The van der Waals surface area contributed by atoms with Gasteiger partial charge in [0.1, 0.15) is 11.5 Å². The number of hydrogen-bond donors (Lipinski definition) is 0. The van der Waals surface area contributed by atoms with Crippen molar-refractivity contribution in [3.8, 4) is 11.5 Å².